The van der Waals surface area contributed by atoms with Gasteiger partial charge < -0.3 is 57.3 Å². The molecular weight excluding hydrogens is 786 g/mol. The fourth-order valence-electron chi connectivity index (χ4n) is 6.08. The molecule has 1 aromatic heterocycles. The molecule has 6 amide bonds. The van der Waals surface area contributed by atoms with E-state index < -0.39 is 95.5 Å². The lowest BCUT2D eigenvalue weighted by atomic mass is 10.0. The number of aromatic amines is 1. The van der Waals surface area contributed by atoms with E-state index in [2.05, 4.69) is 31.6 Å². The number of aliphatic carboxylic acids is 1. The maximum atomic E-state index is 14.1. The molecule has 322 valence electrons. The first-order chi connectivity index (χ1) is 28.3. The third-order valence-corrected chi connectivity index (χ3v) is 9.54. The molecular formula is C39H49N9O12. The highest BCUT2D eigenvalue weighted by molar-refractivity contribution is 5.94. The Morgan fingerprint density at radius 1 is 0.900 bits per heavy atom. The van der Waals surface area contributed by atoms with Crippen molar-refractivity contribution < 1.29 is 48.8 Å². The Hall–Kier alpha value is -7.00. The Balaban J connectivity index is 1.56. The first kappa shape index (κ1) is 45.7. The number of benzene rings is 2. The van der Waals surface area contributed by atoms with Gasteiger partial charge in [0.15, 0.2) is 0 Å². The summed E-state index contributed by atoms with van der Waals surface area (Å²) >= 11 is 0. The fourth-order valence-corrected chi connectivity index (χ4v) is 6.08. The molecule has 8 atom stereocenters. The molecule has 2 heterocycles. The number of phenolic OH excluding ortho intramolecular Hbond substituents is 1. The summed E-state index contributed by atoms with van der Waals surface area (Å²) in [4.78, 5) is 106. The summed E-state index contributed by atoms with van der Waals surface area (Å²) in [6.07, 6.45) is -0.684. The molecule has 0 aliphatic carbocycles. The van der Waals surface area contributed by atoms with Crippen LogP contribution in [0.25, 0.3) is 0 Å². The van der Waals surface area contributed by atoms with Crippen molar-refractivity contribution in [2.45, 2.75) is 88.6 Å². The second-order valence-electron chi connectivity index (χ2n) is 14.2. The number of aliphatic hydroxyl groups is 1. The third-order valence-electron chi connectivity index (χ3n) is 9.54. The molecule has 1 saturated heterocycles. The van der Waals surface area contributed by atoms with Crippen LogP contribution >= 0.6 is 0 Å². The summed E-state index contributed by atoms with van der Waals surface area (Å²) in [6.45, 7) is 4.12. The van der Waals surface area contributed by atoms with Crippen LogP contribution in [0.15, 0.2) is 88.4 Å². The summed E-state index contributed by atoms with van der Waals surface area (Å²) in [5.74, 6) is -4.64. The molecule has 0 radical (unpaired) electrons. The van der Waals surface area contributed by atoms with E-state index in [0.717, 1.165) is 27.9 Å². The number of phenols is 1. The van der Waals surface area contributed by atoms with Crippen LogP contribution in [0.5, 0.6) is 5.75 Å². The van der Waals surface area contributed by atoms with Crippen LogP contribution in [0.1, 0.15) is 44.5 Å². The van der Waals surface area contributed by atoms with Crippen molar-refractivity contribution in [3.8, 4) is 5.75 Å². The van der Waals surface area contributed by atoms with Gasteiger partial charge in [-0.3, -0.25) is 33.5 Å². The number of likely N-dealkylation sites (N-methyl/N-ethyl adjacent to an activating group) is 1. The van der Waals surface area contributed by atoms with Crippen molar-refractivity contribution in [1.82, 2.24) is 41.0 Å². The minimum absolute atomic E-state index is 0.00102. The molecule has 0 bridgehead atoms. The van der Waals surface area contributed by atoms with Crippen LogP contribution in [0.4, 0.5) is 4.79 Å². The highest BCUT2D eigenvalue weighted by Gasteiger charge is 2.37. The Morgan fingerprint density at radius 2 is 1.57 bits per heavy atom. The van der Waals surface area contributed by atoms with Gasteiger partial charge in [0, 0.05) is 44.8 Å². The number of ether oxygens (including phenoxy) is 1. The molecule has 2 aromatic carbocycles. The summed E-state index contributed by atoms with van der Waals surface area (Å²) in [6, 6.07) is 6.80. The number of aromatic hydroxyl groups is 1. The number of carbonyl (C=O) groups excluding carboxylic acids is 5. The van der Waals surface area contributed by atoms with Gasteiger partial charge in [0.05, 0.1) is 12.1 Å². The number of amides is 6. The number of urea groups is 1. The number of carboxylic acid groups (broad SMARTS) is 1. The van der Waals surface area contributed by atoms with E-state index in [4.69, 9.17) is 10.5 Å². The average molecular weight is 836 g/mol. The summed E-state index contributed by atoms with van der Waals surface area (Å²) in [5.41, 5.74) is 5.35. The molecule has 1 aliphatic heterocycles. The van der Waals surface area contributed by atoms with Gasteiger partial charge in [-0.05, 0) is 44.0 Å². The molecule has 21 heteroatoms. The number of carboxylic acids is 1. The maximum absolute atomic E-state index is 14.1. The van der Waals surface area contributed by atoms with Crippen molar-refractivity contribution in [3.63, 3.8) is 0 Å². The predicted molar refractivity (Wildman–Crippen MR) is 213 cm³/mol. The highest BCUT2D eigenvalue weighted by Crippen LogP contribution is 2.30. The molecule has 11 N–H and O–H groups in total. The molecule has 4 rings (SSSR count). The molecule has 1 aliphatic rings. The Morgan fingerprint density at radius 3 is 2.20 bits per heavy atom. The van der Waals surface area contributed by atoms with Gasteiger partial charge in [-0.2, -0.15) is 0 Å². The molecule has 3 aromatic rings. The number of hydrogen-bond donors (Lipinski definition) is 10. The lowest BCUT2D eigenvalue weighted by Crippen LogP contribution is -2.62. The Labute approximate surface area is 343 Å². The Kier molecular flexibility index (Phi) is 15.7. The summed E-state index contributed by atoms with van der Waals surface area (Å²) in [5, 5.41) is 42.6. The topological polar surface area (TPSA) is 317 Å². The zero-order valence-corrected chi connectivity index (χ0v) is 33.2. The van der Waals surface area contributed by atoms with Gasteiger partial charge >= 0.3 is 17.7 Å². The molecule has 8 unspecified atom stereocenters. The summed E-state index contributed by atoms with van der Waals surface area (Å²) in [7, 11) is 1.32. The zero-order valence-electron chi connectivity index (χ0n) is 33.2. The van der Waals surface area contributed by atoms with E-state index in [1.165, 1.54) is 40.0 Å². The molecule has 0 spiro atoms. The van der Waals surface area contributed by atoms with Gasteiger partial charge in [0.1, 0.15) is 41.8 Å². The maximum Gasteiger partial charge on any atom is 0.331 e. The van der Waals surface area contributed by atoms with Crippen LogP contribution in [0.3, 0.4) is 0 Å². The lowest BCUT2D eigenvalue weighted by Gasteiger charge is -2.34. The molecule has 21 nitrogen and oxygen atoms in total. The number of rotatable bonds is 17. The van der Waals surface area contributed by atoms with Crippen molar-refractivity contribution in [3.05, 3.63) is 111 Å². The normalized spacial score (nSPS) is 18.3. The predicted octanol–water partition coefficient (Wildman–Crippen LogP) is -1.73. The standard InChI is InChI=1S/C39H49N9O12/c1-20(40)32(52)43-27(17-24-11-8-12-25(49)15-24)35(55)47(4)22(3)31(34(54)41-19-26-18-29(50)36(60-26)48-14-13-30(51)45-39(48)59)46-33(53)21(2)42-38(58)44-28(37(56)57)16-23-9-6-5-7-10-23/h5-15,19-22,27-29,31,36,49-50H,16-18,40H2,1-4H3,(H,41,54)(H,43,52)(H,46,53)(H,56,57)(H2,42,44,58)(H,45,51,59). The quantitative estimate of drug-likeness (QED) is 0.0724. The number of carbonyl (C=O) groups is 6. The number of nitrogens with one attached hydrogen (secondary N) is 6. The third kappa shape index (κ3) is 12.5. The minimum Gasteiger partial charge on any atom is -0.508 e. The first-order valence-electron chi connectivity index (χ1n) is 18.7. The molecule has 0 saturated carbocycles. The van der Waals surface area contributed by atoms with Crippen molar-refractivity contribution in [2.75, 3.05) is 7.05 Å². The molecule has 1 fully saturated rings. The number of nitrogens with two attached hydrogens (primary N) is 1. The van der Waals surface area contributed by atoms with E-state index in [-0.39, 0.29) is 30.8 Å². The van der Waals surface area contributed by atoms with Crippen LogP contribution in [-0.2, 0) is 41.6 Å². The van der Waals surface area contributed by atoms with Gasteiger partial charge in [-0.25, -0.2) is 14.4 Å². The number of aromatic nitrogens is 2. The van der Waals surface area contributed by atoms with Crippen LogP contribution in [0.2, 0.25) is 0 Å². The van der Waals surface area contributed by atoms with Crippen molar-refractivity contribution in [2.24, 2.45) is 5.73 Å². The largest absolute Gasteiger partial charge is 0.508 e. The van der Waals surface area contributed by atoms with Crippen molar-refractivity contribution >= 4 is 35.6 Å². The van der Waals surface area contributed by atoms with E-state index in [1.54, 1.807) is 42.5 Å². The number of H-pyrrole nitrogens is 1. The zero-order chi connectivity index (χ0) is 44.3. The average Bonchev–Trinajstić information content (AvgIpc) is 3.57. The van der Waals surface area contributed by atoms with Crippen molar-refractivity contribution in [1.29, 1.82) is 0 Å². The van der Waals surface area contributed by atoms with Gasteiger partial charge in [0.25, 0.3) is 5.56 Å². The highest BCUT2D eigenvalue weighted by atomic mass is 16.5. The second-order valence-corrected chi connectivity index (χ2v) is 14.2. The summed E-state index contributed by atoms with van der Waals surface area (Å²) < 4.78 is 6.63. The van der Waals surface area contributed by atoms with E-state index in [9.17, 15) is 53.7 Å². The second kappa shape index (κ2) is 20.6. The van der Waals surface area contributed by atoms with E-state index >= 15 is 0 Å². The van der Waals surface area contributed by atoms with Crippen LogP contribution in [-0.4, -0.2) is 115 Å². The van der Waals surface area contributed by atoms with Crippen LogP contribution < -0.4 is 43.6 Å². The number of aliphatic hydroxyl groups excluding tert-OH is 1. The van der Waals surface area contributed by atoms with Gasteiger partial charge in [-0.1, -0.05) is 42.5 Å². The number of hydrogen-bond acceptors (Lipinski definition) is 12. The van der Waals surface area contributed by atoms with Gasteiger partial charge in [0.2, 0.25) is 29.9 Å². The van der Waals surface area contributed by atoms with E-state index in [0.29, 0.717) is 11.1 Å². The minimum atomic E-state index is -1.59. The lowest BCUT2D eigenvalue weighted by molar-refractivity contribution is -0.140. The molecule has 60 heavy (non-hydrogen) atoms. The van der Waals surface area contributed by atoms with Gasteiger partial charge in [-0.15, -0.1) is 0 Å². The monoisotopic (exact) mass is 835 g/mol. The first-order valence-corrected chi connectivity index (χ1v) is 18.7. The van der Waals surface area contributed by atoms with Crippen LogP contribution in [0, 0.1) is 0 Å². The fraction of sp³-hybridized carbons (Fsp3) is 0.385. The van der Waals surface area contributed by atoms with E-state index in [1.807, 2.05) is 0 Å². The smallest absolute Gasteiger partial charge is 0.331 e. The Bertz CT molecular complexity index is 2190. The SMILES string of the molecule is CC(N)C(=O)NC(Cc1cccc(O)c1)C(=O)N(C)C(C)C(NC(=O)C(C)NC(=O)NC(Cc1ccccc1)C(=O)O)C(=O)NC=C1CC(O)C(n2ccc(=O)[nH]c2=O)O1. The number of nitrogens with zero attached hydrogens (tertiary/aromatic N) is 2.